The molecule has 15 heavy (non-hydrogen) atoms. The molecule has 0 aliphatic rings. The van der Waals surface area contributed by atoms with E-state index in [1.165, 1.54) is 0 Å². The topological polar surface area (TPSA) is 58.4 Å². The van der Waals surface area contributed by atoms with Gasteiger partial charge in [0.05, 0.1) is 6.04 Å². The van der Waals surface area contributed by atoms with Crippen LogP contribution >= 0.6 is 0 Å². The van der Waals surface area contributed by atoms with Crippen molar-refractivity contribution < 1.29 is 4.79 Å². The minimum atomic E-state index is -0.262. The number of amides is 1. The van der Waals surface area contributed by atoms with Crippen LogP contribution in [-0.2, 0) is 11.2 Å². The Labute approximate surface area is 90.0 Å². The molecule has 0 radical (unpaired) electrons. The minimum Gasteiger partial charge on any atom is -0.309 e. The third-order valence-corrected chi connectivity index (χ3v) is 2.28. The maximum Gasteiger partial charge on any atom is 0.253 e. The standard InChI is InChI=1S/C11H17N3O/c1-13-10(11(15)14(2)12)8-9-6-4-3-5-7-9/h3-7,10,13H,8,12H2,1-2H3/t10-/m1/s1. The average Bonchev–Trinajstić information content (AvgIpc) is 2.26. The second-order valence-corrected chi connectivity index (χ2v) is 3.48. The van der Waals surface area contributed by atoms with Gasteiger partial charge in [0.1, 0.15) is 0 Å². The summed E-state index contributed by atoms with van der Waals surface area (Å²) in [6.07, 6.45) is 0.651. The van der Waals surface area contributed by atoms with Crippen LogP contribution in [0.15, 0.2) is 30.3 Å². The number of nitrogens with zero attached hydrogens (tertiary/aromatic N) is 1. The molecular weight excluding hydrogens is 190 g/mol. The van der Waals surface area contributed by atoms with Gasteiger partial charge in [-0.05, 0) is 19.0 Å². The highest BCUT2D eigenvalue weighted by atomic mass is 16.2. The molecule has 0 bridgehead atoms. The van der Waals surface area contributed by atoms with Gasteiger partial charge in [0.25, 0.3) is 5.91 Å². The first kappa shape index (κ1) is 11.7. The van der Waals surface area contributed by atoms with Crippen LogP contribution in [0.5, 0.6) is 0 Å². The van der Waals surface area contributed by atoms with E-state index in [2.05, 4.69) is 5.32 Å². The van der Waals surface area contributed by atoms with E-state index in [1.807, 2.05) is 30.3 Å². The second kappa shape index (κ2) is 5.48. The van der Waals surface area contributed by atoms with E-state index in [9.17, 15) is 4.79 Å². The van der Waals surface area contributed by atoms with Gasteiger partial charge in [0.15, 0.2) is 0 Å². The van der Waals surface area contributed by atoms with Crippen LogP contribution in [0.4, 0.5) is 0 Å². The first-order valence-corrected chi connectivity index (χ1v) is 4.88. The summed E-state index contributed by atoms with van der Waals surface area (Å²) >= 11 is 0. The number of likely N-dealkylation sites (N-methyl/N-ethyl adjacent to an activating group) is 2. The summed E-state index contributed by atoms with van der Waals surface area (Å²) in [7, 11) is 3.31. The molecule has 0 saturated carbocycles. The van der Waals surface area contributed by atoms with Gasteiger partial charge in [0.2, 0.25) is 0 Å². The van der Waals surface area contributed by atoms with E-state index < -0.39 is 0 Å². The summed E-state index contributed by atoms with van der Waals surface area (Å²) in [6.45, 7) is 0. The number of benzene rings is 1. The van der Waals surface area contributed by atoms with Crippen LogP contribution in [0.25, 0.3) is 0 Å². The van der Waals surface area contributed by atoms with Crippen molar-refractivity contribution in [2.24, 2.45) is 5.84 Å². The number of nitrogens with one attached hydrogen (secondary N) is 1. The van der Waals surface area contributed by atoms with Crippen LogP contribution in [0.3, 0.4) is 0 Å². The third kappa shape index (κ3) is 3.34. The Bertz CT molecular complexity index is 311. The smallest absolute Gasteiger partial charge is 0.253 e. The predicted octanol–water partition coefficient (Wildman–Crippen LogP) is 0.149. The Morgan fingerprint density at radius 2 is 2.07 bits per heavy atom. The minimum absolute atomic E-state index is 0.110. The Morgan fingerprint density at radius 1 is 1.47 bits per heavy atom. The lowest BCUT2D eigenvalue weighted by atomic mass is 10.1. The zero-order valence-corrected chi connectivity index (χ0v) is 9.10. The van der Waals surface area contributed by atoms with Gasteiger partial charge in [-0.2, -0.15) is 0 Å². The van der Waals surface area contributed by atoms with Crippen molar-refractivity contribution >= 4 is 5.91 Å². The number of hydrazine groups is 1. The van der Waals surface area contributed by atoms with Crippen LogP contribution in [0, 0.1) is 0 Å². The van der Waals surface area contributed by atoms with Crippen LogP contribution in [0.2, 0.25) is 0 Å². The predicted molar refractivity (Wildman–Crippen MR) is 60.0 cm³/mol. The SMILES string of the molecule is CN[C@H](Cc1ccccc1)C(=O)N(C)N. The quantitative estimate of drug-likeness (QED) is 0.420. The highest BCUT2D eigenvalue weighted by molar-refractivity contribution is 5.81. The summed E-state index contributed by atoms with van der Waals surface area (Å²) in [5, 5.41) is 4.08. The Hall–Kier alpha value is -1.39. The number of carbonyl (C=O) groups is 1. The molecule has 1 aromatic rings. The van der Waals surface area contributed by atoms with E-state index in [1.54, 1.807) is 14.1 Å². The van der Waals surface area contributed by atoms with Crippen molar-refractivity contribution in [2.45, 2.75) is 12.5 Å². The summed E-state index contributed by atoms with van der Waals surface area (Å²) in [5.41, 5.74) is 1.12. The fourth-order valence-corrected chi connectivity index (χ4v) is 1.41. The zero-order chi connectivity index (χ0) is 11.3. The fourth-order valence-electron chi connectivity index (χ4n) is 1.41. The summed E-state index contributed by atoms with van der Waals surface area (Å²) in [6, 6.07) is 9.59. The lowest BCUT2D eigenvalue weighted by Crippen LogP contribution is -2.47. The maximum absolute atomic E-state index is 11.6. The molecule has 0 saturated heterocycles. The summed E-state index contributed by atoms with van der Waals surface area (Å²) in [5.74, 6) is 5.30. The lowest BCUT2D eigenvalue weighted by molar-refractivity contribution is -0.132. The molecule has 4 nitrogen and oxygen atoms in total. The first-order valence-electron chi connectivity index (χ1n) is 4.88. The van der Waals surface area contributed by atoms with Crippen LogP contribution in [0.1, 0.15) is 5.56 Å². The van der Waals surface area contributed by atoms with Crippen molar-refractivity contribution in [1.82, 2.24) is 10.3 Å². The summed E-state index contributed by atoms with van der Waals surface area (Å²) in [4.78, 5) is 11.6. The molecule has 0 fully saturated rings. The highest BCUT2D eigenvalue weighted by Crippen LogP contribution is 2.03. The van der Waals surface area contributed by atoms with Gasteiger partial charge in [-0.25, -0.2) is 5.84 Å². The van der Waals surface area contributed by atoms with E-state index >= 15 is 0 Å². The Balaban J connectivity index is 2.66. The fraction of sp³-hybridized carbons (Fsp3) is 0.364. The normalized spacial score (nSPS) is 12.2. The van der Waals surface area contributed by atoms with Crippen molar-refractivity contribution in [3.63, 3.8) is 0 Å². The van der Waals surface area contributed by atoms with Gasteiger partial charge >= 0.3 is 0 Å². The van der Waals surface area contributed by atoms with Gasteiger partial charge in [0, 0.05) is 7.05 Å². The van der Waals surface area contributed by atoms with E-state index in [-0.39, 0.29) is 11.9 Å². The molecule has 1 aromatic carbocycles. The molecule has 82 valence electrons. The maximum atomic E-state index is 11.6. The summed E-state index contributed by atoms with van der Waals surface area (Å²) < 4.78 is 0. The first-order chi connectivity index (χ1) is 7.15. The number of carbonyl (C=O) groups excluding carboxylic acids is 1. The number of hydrogen-bond donors (Lipinski definition) is 2. The highest BCUT2D eigenvalue weighted by Gasteiger charge is 2.18. The molecule has 0 aliphatic heterocycles. The molecular formula is C11H17N3O. The van der Waals surface area contributed by atoms with Gasteiger partial charge in [-0.1, -0.05) is 30.3 Å². The molecule has 0 heterocycles. The molecule has 0 unspecified atom stereocenters. The number of rotatable bonds is 4. The molecule has 0 spiro atoms. The molecule has 1 rings (SSSR count). The largest absolute Gasteiger partial charge is 0.309 e. The molecule has 1 atom stereocenters. The van der Waals surface area contributed by atoms with E-state index in [0.717, 1.165) is 10.6 Å². The molecule has 4 heteroatoms. The number of hydrogen-bond acceptors (Lipinski definition) is 3. The monoisotopic (exact) mass is 207 g/mol. The number of nitrogens with two attached hydrogens (primary N) is 1. The van der Waals surface area contributed by atoms with E-state index in [0.29, 0.717) is 6.42 Å². The van der Waals surface area contributed by atoms with Gasteiger partial charge < -0.3 is 5.32 Å². The van der Waals surface area contributed by atoms with Gasteiger partial charge in [-0.3, -0.25) is 9.80 Å². The van der Waals surface area contributed by atoms with Crippen LogP contribution < -0.4 is 11.2 Å². The van der Waals surface area contributed by atoms with Crippen molar-refractivity contribution in [3.8, 4) is 0 Å². The average molecular weight is 207 g/mol. The molecule has 1 amide bonds. The van der Waals surface area contributed by atoms with Crippen molar-refractivity contribution in [3.05, 3.63) is 35.9 Å². The second-order valence-electron chi connectivity index (χ2n) is 3.48. The Kier molecular flexibility index (Phi) is 4.27. The van der Waals surface area contributed by atoms with Crippen molar-refractivity contribution in [2.75, 3.05) is 14.1 Å². The molecule has 0 aliphatic carbocycles. The zero-order valence-electron chi connectivity index (χ0n) is 9.10. The van der Waals surface area contributed by atoms with E-state index in [4.69, 9.17) is 5.84 Å². The van der Waals surface area contributed by atoms with Crippen molar-refractivity contribution in [1.29, 1.82) is 0 Å². The molecule has 0 aromatic heterocycles. The third-order valence-electron chi connectivity index (χ3n) is 2.28. The van der Waals surface area contributed by atoms with Crippen LogP contribution in [-0.4, -0.2) is 31.1 Å². The molecule has 3 N–H and O–H groups in total. The lowest BCUT2D eigenvalue weighted by Gasteiger charge is -2.19. The Morgan fingerprint density at radius 3 is 2.53 bits per heavy atom. The van der Waals surface area contributed by atoms with Gasteiger partial charge in [-0.15, -0.1) is 0 Å².